The number of nitrogens with one attached hydrogen (secondary N) is 1. The Morgan fingerprint density at radius 3 is 2.52 bits per heavy atom. The minimum absolute atomic E-state index is 0.108. The molecule has 23 heavy (non-hydrogen) atoms. The molecule has 5 nitrogen and oxygen atoms in total. The van der Waals surface area contributed by atoms with Gasteiger partial charge in [-0.3, -0.25) is 0 Å². The van der Waals surface area contributed by atoms with Crippen molar-refractivity contribution in [3.05, 3.63) is 29.8 Å². The first-order chi connectivity index (χ1) is 11.0. The predicted molar refractivity (Wildman–Crippen MR) is 92.7 cm³/mol. The molecular weight excluding hydrogens is 312 g/mol. The van der Waals surface area contributed by atoms with Gasteiger partial charge < -0.3 is 4.74 Å². The van der Waals surface area contributed by atoms with Crippen LogP contribution in [0.5, 0.6) is 5.75 Å². The molecule has 0 amide bonds. The van der Waals surface area contributed by atoms with E-state index in [0.29, 0.717) is 12.2 Å². The lowest BCUT2D eigenvalue weighted by Crippen LogP contribution is -2.46. The maximum Gasteiger partial charge on any atom is 0.280 e. The molecule has 1 N–H and O–H groups in total. The predicted octanol–water partition coefficient (Wildman–Crippen LogP) is 3.25. The number of para-hydroxylation sites is 1. The molecule has 1 fully saturated rings. The highest BCUT2D eigenvalue weighted by atomic mass is 32.2. The lowest BCUT2D eigenvalue weighted by Gasteiger charge is -2.32. The lowest BCUT2D eigenvalue weighted by atomic mass is 9.96. The molecule has 6 heteroatoms. The Bertz CT molecular complexity index is 598. The van der Waals surface area contributed by atoms with Crippen LogP contribution in [0.15, 0.2) is 24.3 Å². The monoisotopic (exact) mass is 340 g/mol. The average Bonchev–Trinajstić information content (AvgIpc) is 2.59. The van der Waals surface area contributed by atoms with Crippen LogP contribution in [0.25, 0.3) is 0 Å². The van der Waals surface area contributed by atoms with Crippen LogP contribution in [-0.2, 0) is 10.2 Å². The Hall–Kier alpha value is -1.11. The Labute approximate surface area is 140 Å². The molecule has 0 radical (unpaired) electrons. The van der Waals surface area contributed by atoms with Crippen LogP contribution in [0.4, 0.5) is 0 Å². The van der Waals surface area contributed by atoms with Gasteiger partial charge in [0.1, 0.15) is 5.75 Å². The third kappa shape index (κ3) is 4.46. The molecule has 1 unspecified atom stereocenters. The van der Waals surface area contributed by atoms with E-state index in [-0.39, 0.29) is 12.1 Å². The molecule has 0 heterocycles. The molecule has 0 aliphatic heterocycles. The topological polar surface area (TPSA) is 58.6 Å². The van der Waals surface area contributed by atoms with E-state index in [1.54, 1.807) is 14.2 Å². The van der Waals surface area contributed by atoms with Gasteiger partial charge in [0.05, 0.1) is 13.2 Å². The van der Waals surface area contributed by atoms with E-state index in [4.69, 9.17) is 4.74 Å². The summed E-state index contributed by atoms with van der Waals surface area (Å²) in [4.78, 5) is 0. The molecule has 1 saturated carbocycles. The van der Waals surface area contributed by atoms with Crippen molar-refractivity contribution in [2.45, 2.75) is 57.5 Å². The number of hydrogen-bond acceptors (Lipinski definition) is 3. The van der Waals surface area contributed by atoms with Gasteiger partial charge in [-0.2, -0.15) is 17.4 Å². The maximum absolute atomic E-state index is 12.7. The second-order valence-electron chi connectivity index (χ2n) is 6.13. The molecule has 1 aliphatic carbocycles. The molecule has 1 aromatic rings. The Balaban J connectivity index is 2.16. The molecular formula is C17H28N2O3S. The number of methoxy groups -OCH3 is 1. The standard InChI is InChI=1S/C17H28N2O3S/c1-4-16(15-12-8-9-13-17(15)22-3)18-23(20,21)19(2)14-10-6-5-7-11-14/h8-9,12-14,16,18H,4-7,10-11H2,1-3H3. The molecule has 130 valence electrons. The van der Waals surface area contributed by atoms with Crippen molar-refractivity contribution >= 4 is 10.2 Å². The average molecular weight is 340 g/mol. The maximum atomic E-state index is 12.7. The van der Waals surface area contributed by atoms with Crippen molar-refractivity contribution in [3.63, 3.8) is 0 Å². The van der Waals surface area contributed by atoms with Gasteiger partial charge in [-0.05, 0) is 25.3 Å². The molecule has 0 aromatic heterocycles. The normalized spacial score (nSPS) is 18.1. The van der Waals surface area contributed by atoms with Gasteiger partial charge >= 0.3 is 0 Å². The van der Waals surface area contributed by atoms with E-state index in [1.807, 2.05) is 31.2 Å². The van der Waals surface area contributed by atoms with Crippen molar-refractivity contribution in [1.82, 2.24) is 9.03 Å². The fourth-order valence-corrected chi connectivity index (χ4v) is 4.65. The zero-order valence-corrected chi connectivity index (χ0v) is 15.1. The SMILES string of the molecule is CCC(NS(=O)(=O)N(C)C1CCCCC1)c1ccccc1OC. The number of benzene rings is 1. The largest absolute Gasteiger partial charge is 0.496 e. The van der Waals surface area contributed by atoms with Gasteiger partial charge in [0, 0.05) is 18.7 Å². The summed E-state index contributed by atoms with van der Waals surface area (Å²) in [6.07, 6.45) is 5.98. The summed E-state index contributed by atoms with van der Waals surface area (Å²) in [7, 11) is -0.223. The van der Waals surface area contributed by atoms with Crippen molar-refractivity contribution in [2.75, 3.05) is 14.2 Å². The van der Waals surface area contributed by atoms with E-state index in [0.717, 1.165) is 31.2 Å². The van der Waals surface area contributed by atoms with Crippen LogP contribution in [0.1, 0.15) is 57.1 Å². The number of nitrogens with zero attached hydrogens (tertiary/aromatic N) is 1. The summed E-state index contributed by atoms with van der Waals surface area (Å²) in [6, 6.07) is 7.38. The van der Waals surface area contributed by atoms with Crippen molar-refractivity contribution in [3.8, 4) is 5.75 Å². The molecule has 0 saturated heterocycles. The number of hydrogen-bond donors (Lipinski definition) is 1. The first kappa shape index (κ1) is 18.2. The fraction of sp³-hybridized carbons (Fsp3) is 0.647. The van der Waals surface area contributed by atoms with E-state index >= 15 is 0 Å². The number of ether oxygens (including phenoxy) is 1. The lowest BCUT2D eigenvalue weighted by molar-refractivity contribution is 0.281. The molecule has 0 bridgehead atoms. The molecule has 1 aliphatic rings. The van der Waals surface area contributed by atoms with Gasteiger partial charge in [0.25, 0.3) is 10.2 Å². The van der Waals surface area contributed by atoms with Crippen LogP contribution < -0.4 is 9.46 Å². The van der Waals surface area contributed by atoms with Gasteiger partial charge in [-0.25, -0.2) is 0 Å². The molecule has 1 atom stereocenters. The third-order valence-corrected chi connectivity index (χ3v) is 6.32. The summed E-state index contributed by atoms with van der Waals surface area (Å²) >= 11 is 0. The smallest absolute Gasteiger partial charge is 0.280 e. The summed E-state index contributed by atoms with van der Waals surface area (Å²) in [6.45, 7) is 1.97. The fourth-order valence-electron chi connectivity index (χ4n) is 3.22. The minimum atomic E-state index is -3.52. The second-order valence-corrected chi connectivity index (χ2v) is 7.90. The van der Waals surface area contributed by atoms with Crippen molar-refractivity contribution in [1.29, 1.82) is 0 Å². The highest BCUT2D eigenvalue weighted by Gasteiger charge is 2.30. The number of rotatable bonds is 7. The molecule has 0 spiro atoms. The molecule has 2 rings (SSSR count). The first-order valence-electron chi connectivity index (χ1n) is 8.37. The van der Waals surface area contributed by atoms with Gasteiger partial charge in [-0.1, -0.05) is 44.4 Å². The van der Waals surface area contributed by atoms with E-state index in [2.05, 4.69) is 4.72 Å². The Morgan fingerprint density at radius 2 is 1.91 bits per heavy atom. The minimum Gasteiger partial charge on any atom is -0.496 e. The zero-order chi connectivity index (χ0) is 16.9. The third-order valence-electron chi connectivity index (χ3n) is 4.68. The summed E-state index contributed by atoms with van der Waals surface area (Å²) in [5.74, 6) is 0.711. The highest BCUT2D eigenvalue weighted by molar-refractivity contribution is 7.87. The van der Waals surface area contributed by atoms with Crippen molar-refractivity contribution in [2.24, 2.45) is 0 Å². The second kappa shape index (κ2) is 8.13. The first-order valence-corrected chi connectivity index (χ1v) is 9.81. The van der Waals surface area contributed by atoms with E-state index in [1.165, 1.54) is 10.7 Å². The van der Waals surface area contributed by atoms with Gasteiger partial charge in [0.15, 0.2) is 0 Å². The van der Waals surface area contributed by atoms with E-state index < -0.39 is 10.2 Å². The Morgan fingerprint density at radius 1 is 1.26 bits per heavy atom. The zero-order valence-electron chi connectivity index (χ0n) is 14.3. The highest BCUT2D eigenvalue weighted by Crippen LogP contribution is 2.29. The van der Waals surface area contributed by atoms with Crippen LogP contribution in [0.2, 0.25) is 0 Å². The van der Waals surface area contributed by atoms with Crippen LogP contribution in [0, 0.1) is 0 Å². The van der Waals surface area contributed by atoms with E-state index in [9.17, 15) is 8.42 Å². The van der Waals surface area contributed by atoms with Crippen LogP contribution in [0.3, 0.4) is 0 Å². The van der Waals surface area contributed by atoms with Gasteiger partial charge in [0.2, 0.25) is 0 Å². The molecule has 1 aromatic carbocycles. The van der Waals surface area contributed by atoms with Crippen LogP contribution >= 0.6 is 0 Å². The Kier molecular flexibility index (Phi) is 6.44. The summed E-state index contributed by atoms with van der Waals surface area (Å²) in [5.41, 5.74) is 0.873. The summed E-state index contributed by atoms with van der Waals surface area (Å²) in [5, 5.41) is 0. The van der Waals surface area contributed by atoms with Crippen molar-refractivity contribution < 1.29 is 13.2 Å². The summed E-state index contributed by atoms with van der Waals surface area (Å²) < 4.78 is 35.2. The van der Waals surface area contributed by atoms with Crippen LogP contribution in [-0.4, -0.2) is 32.9 Å². The van der Waals surface area contributed by atoms with Gasteiger partial charge in [-0.15, -0.1) is 0 Å². The quantitative estimate of drug-likeness (QED) is 0.829.